The van der Waals surface area contributed by atoms with Gasteiger partial charge in [0, 0.05) is 16.2 Å². The summed E-state index contributed by atoms with van der Waals surface area (Å²) in [6.45, 7) is 1.91. The number of methoxy groups -OCH3 is 1. The van der Waals surface area contributed by atoms with Crippen LogP contribution in [-0.4, -0.2) is 33.7 Å². The minimum Gasteiger partial charge on any atom is -0.497 e. The molecule has 0 spiro atoms. The van der Waals surface area contributed by atoms with Crippen LogP contribution in [0.15, 0.2) is 40.0 Å². The number of carbonyl (C=O) groups is 1. The first kappa shape index (κ1) is 16.8. The van der Waals surface area contributed by atoms with Crippen LogP contribution in [0.2, 0.25) is 0 Å². The molecule has 1 amide bonds. The number of nitrogens with one attached hydrogen (secondary N) is 2. The number of amides is 1. The Kier molecular flexibility index (Phi) is 5.06. The lowest BCUT2D eigenvalue weighted by atomic mass is 10.3. The van der Waals surface area contributed by atoms with Crippen molar-refractivity contribution in [2.75, 3.05) is 18.2 Å². The summed E-state index contributed by atoms with van der Waals surface area (Å²) >= 11 is 4.78. The van der Waals surface area contributed by atoms with Crippen molar-refractivity contribution in [3.8, 4) is 5.75 Å². The number of aryl methyl sites for hydroxylation is 1. The number of halogens is 1. The quantitative estimate of drug-likeness (QED) is 0.630. The summed E-state index contributed by atoms with van der Waals surface area (Å²) in [4.78, 5) is 24.0. The number of hydrogen-bond acceptors (Lipinski definition) is 5. The number of pyridine rings is 1. The molecule has 0 aliphatic rings. The number of aromatic amines is 1. The number of benzene rings is 1. The molecule has 3 rings (SSSR count). The van der Waals surface area contributed by atoms with Gasteiger partial charge in [0.1, 0.15) is 5.75 Å². The third-order valence-electron chi connectivity index (χ3n) is 3.27. The molecule has 8 heteroatoms. The molecule has 0 radical (unpaired) electrons. The Bertz CT molecular complexity index is 858. The van der Waals surface area contributed by atoms with E-state index >= 15 is 0 Å². The van der Waals surface area contributed by atoms with Crippen LogP contribution in [0.3, 0.4) is 0 Å². The Balaban J connectivity index is 1.63. The number of hydrogen-bond donors (Lipinski definition) is 2. The summed E-state index contributed by atoms with van der Waals surface area (Å²) in [7, 11) is 1.59. The number of nitrogens with zero attached hydrogens (tertiary/aromatic N) is 2. The molecule has 1 aromatic carbocycles. The van der Waals surface area contributed by atoms with Gasteiger partial charge < -0.3 is 15.0 Å². The van der Waals surface area contributed by atoms with Crippen LogP contribution < -0.4 is 10.1 Å². The molecule has 6 nitrogen and oxygen atoms in total. The number of carbonyl (C=O) groups excluding carboxylic acids is 1. The second-order valence-corrected chi connectivity index (χ2v) is 6.86. The van der Waals surface area contributed by atoms with Gasteiger partial charge in [0.05, 0.1) is 24.1 Å². The van der Waals surface area contributed by atoms with Gasteiger partial charge >= 0.3 is 0 Å². The summed E-state index contributed by atoms with van der Waals surface area (Å²) in [5.74, 6) is 0.834. The molecule has 3 aromatic rings. The third-order valence-corrected chi connectivity index (χ3v) is 4.95. The minimum absolute atomic E-state index is 0.112. The van der Waals surface area contributed by atoms with E-state index in [2.05, 4.69) is 36.2 Å². The van der Waals surface area contributed by atoms with E-state index in [1.807, 2.05) is 31.2 Å². The lowest BCUT2D eigenvalue weighted by molar-refractivity contribution is -0.113. The molecule has 2 aromatic heterocycles. The highest BCUT2D eigenvalue weighted by molar-refractivity contribution is 9.10. The second-order valence-electron chi connectivity index (χ2n) is 5.04. The van der Waals surface area contributed by atoms with Crippen LogP contribution in [0.5, 0.6) is 5.75 Å². The number of thioether (sulfide) groups is 1. The topological polar surface area (TPSA) is 79.9 Å². The average molecular weight is 407 g/mol. The number of H-pyrrole nitrogens is 1. The number of fused-ring (bicyclic) bond motifs is 1. The van der Waals surface area contributed by atoms with E-state index in [0.717, 1.165) is 15.7 Å². The predicted octanol–water partition coefficient (Wildman–Crippen LogP) is 3.77. The van der Waals surface area contributed by atoms with E-state index in [9.17, 15) is 4.79 Å². The van der Waals surface area contributed by atoms with Crippen molar-refractivity contribution in [1.29, 1.82) is 0 Å². The average Bonchev–Trinajstić information content (AvgIpc) is 2.95. The zero-order valence-electron chi connectivity index (χ0n) is 13.1. The zero-order valence-corrected chi connectivity index (χ0v) is 15.5. The van der Waals surface area contributed by atoms with Crippen molar-refractivity contribution in [3.05, 3.63) is 40.5 Å². The fraction of sp³-hybridized carbons (Fsp3) is 0.188. The first-order valence-electron chi connectivity index (χ1n) is 7.14. The fourth-order valence-electron chi connectivity index (χ4n) is 2.08. The maximum absolute atomic E-state index is 12.1. The smallest absolute Gasteiger partial charge is 0.234 e. The van der Waals surface area contributed by atoms with Gasteiger partial charge in [-0.25, -0.2) is 9.97 Å². The van der Waals surface area contributed by atoms with Gasteiger partial charge in [0.25, 0.3) is 0 Å². The SMILES string of the molecule is COc1cccc(NC(=O)CSc2nc3nc(C)c(Br)cc3[nH]2)c1. The molecular formula is C16H15BrN4O2S. The van der Waals surface area contributed by atoms with Crippen LogP contribution in [0.25, 0.3) is 11.2 Å². The van der Waals surface area contributed by atoms with E-state index in [1.165, 1.54) is 11.8 Å². The maximum Gasteiger partial charge on any atom is 0.234 e. The van der Waals surface area contributed by atoms with E-state index in [0.29, 0.717) is 22.2 Å². The van der Waals surface area contributed by atoms with E-state index < -0.39 is 0 Å². The highest BCUT2D eigenvalue weighted by Crippen LogP contribution is 2.23. The van der Waals surface area contributed by atoms with Crippen molar-refractivity contribution >= 4 is 50.5 Å². The highest BCUT2D eigenvalue weighted by Gasteiger charge is 2.10. The molecule has 124 valence electrons. The monoisotopic (exact) mass is 406 g/mol. The van der Waals surface area contributed by atoms with Crippen molar-refractivity contribution in [2.24, 2.45) is 0 Å². The van der Waals surface area contributed by atoms with E-state index in [1.54, 1.807) is 13.2 Å². The Labute approximate surface area is 151 Å². The normalized spacial score (nSPS) is 10.8. The lowest BCUT2D eigenvalue weighted by Crippen LogP contribution is -2.14. The Morgan fingerprint density at radius 1 is 1.38 bits per heavy atom. The first-order chi connectivity index (χ1) is 11.5. The summed E-state index contributed by atoms with van der Waals surface area (Å²) in [5.41, 5.74) is 3.06. The van der Waals surface area contributed by atoms with Crippen LogP contribution in [0.1, 0.15) is 5.69 Å². The maximum atomic E-state index is 12.1. The Morgan fingerprint density at radius 3 is 3.00 bits per heavy atom. The van der Waals surface area contributed by atoms with Crippen molar-refractivity contribution in [3.63, 3.8) is 0 Å². The van der Waals surface area contributed by atoms with Crippen molar-refractivity contribution in [2.45, 2.75) is 12.1 Å². The summed E-state index contributed by atoms with van der Waals surface area (Å²) < 4.78 is 6.06. The molecule has 0 aliphatic carbocycles. The molecule has 0 bridgehead atoms. The number of anilines is 1. The van der Waals surface area contributed by atoms with Crippen molar-refractivity contribution in [1.82, 2.24) is 15.0 Å². The van der Waals surface area contributed by atoms with Gasteiger partial charge in [-0.2, -0.15) is 0 Å². The fourth-order valence-corrected chi connectivity index (χ4v) is 3.08. The largest absolute Gasteiger partial charge is 0.497 e. The molecule has 0 saturated heterocycles. The summed E-state index contributed by atoms with van der Waals surface area (Å²) in [5, 5.41) is 3.50. The molecular weight excluding hydrogens is 392 g/mol. The number of aromatic nitrogens is 3. The Hall–Kier alpha value is -2.06. The molecule has 2 N–H and O–H groups in total. The number of imidazole rings is 1. The molecule has 0 aliphatic heterocycles. The third kappa shape index (κ3) is 3.88. The van der Waals surface area contributed by atoms with Crippen LogP contribution in [0.4, 0.5) is 5.69 Å². The Morgan fingerprint density at radius 2 is 2.21 bits per heavy atom. The van der Waals surface area contributed by atoms with E-state index in [-0.39, 0.29) is 11.7 Å². The standard InChI is InChI=1S/C16H15BrN4O2S/c1-9-12(17)7-13-15(18-9)21-16(20-13)24-8-14(22)19-10-4-3-5-11(6-10)23-2/h3-7H,8H2,1-2H3,(H,19,22)(H,18,20,21). The lowest BCUT2D eigenvalue weighted by Gasteiger charge is -2.06. The van der Waals surface area contributed by atoms with Gasteiger partial charge in [0.15, 0.2) is 10.8 Å². The molecule has 0 saturated carbocycles. The molecule has 24 heavy (non-hydrogen) atoms. The van der Waals surface area contributed by atoms with Crippen LogP contribution >= 0.6 is 27.7 Å². The van der Waals surface area contributed by atoms with Gasteiger partial charge in [-0.05, 0) is 41.1 Å². The molecule has 0 fully saturated rings. The van der Waals surface area contributed by atoms with Gasteiger partial charge in [0.2, 0.25) is 5.91 Å². The first-order valence-corrected chi connectivity index (χ1v) is 8.92. The number of ether oxygens (including phenoxy) is 1. The minimum atomic E-state index is -0.112. The van der Waals surface area contributed by atoms with Crippen LogP contribution in [-0.2, 0) is 4.79 Å². The van der Waals surface area contributed by atoms with Crippen LogP contribution in [0, 0.1) is 6.92 Å². The molecule has 0 unspecified atom stereocenters. The molecule has 2 heterocycles. The zero-order chi connectivity index (χ0) is 17.1. The van der Waals surface area contributed by atoms with E-state index in [4.69, 9.17) is 4.74 Å². The predicted molar refractivity (Wildman–Crippen MR) is 98.7 cm³/mol. The number of rotatable bonds is 5. The molecule has 0 atom stereocenters. The van der Waals surface area contributed by atoms with Crippen molar-refractivity contribution < 1.29 is 9.53 Å². The highest BCUT2D eigenvalue weighted by atomic mass is 79.9. The summed E-state index contributed by atoms with van der Waals surface area (Å²) in [6.07, 6.45) is 0. The van der Waals surface area contributed by atoms with Gasteiger partial charge in [-0.3, -0.25) is 4.79 Å². The van der Waals surface area contributed by atoms with Gasteiger partial charge in [-0.15, -0.1) is 0 Å². The summed E-state index contributed by atoms with van der Waals surface area (Å²) in [6, 6.07) is 9.17. The van der Waals surface area contributed by atoms with Gasteiger partial charge in [-0.1, -0.05) is 17.8 Å². The second kappa shape index (κ2) is 7.23.